The number of aliphatic hydroxyl groups is 1. The van der Waals surface area contributed by atoms with E-state index < -0.39 is 35.0 Å². The monoisotopic (exact) mass is 460 g/mol. The number of benzene rings is 1. The van der Waals surface area contributed by atoms with Crippen LogP contribution in [0.4, 0.5) is 0 Å². The topological polar surface area (TPSA) is 99.1 Å². The van der Waals surface area contributed by atoms with E-state index in [2.05, 4.69) is 6.92 Å². The zero-order chi connectivity index (χ0) is 24.7. The lowest BCUT2D eigenvalue weighted by atomic mass is 9.48. The molecular formula is C26H36O7. The number of hydrogen-bond acceptors (Lipinski definition) is 7. The summed E-state index contributed by atoms with van der Waals surface area (Å²) in [5.74, 6) is -1.01. The third-order valence-electron chi connectivity index (χ3n) is 7.42. The van der Waals surface area contributed by atoms with E-state index in [4.69, 9.17) is 14.2 Å². The van der Waals surface area contributed by atoms with Crippen LogP contribution in [0, 0.1) is 11.3 Å². The summed E-state index contributed by atoms with van der Waals surface area (Å²) in [6.45, 7) is 12.4. The summed E-state index contributed by atoms with van der Waals surface area (Å²) in [5, 5.41) is 11.5. The van der Waals surface area contributed by atoms with Gasteiger partial charge in [0.05, 0.1) is 6.61 Å². The van der Waals surface area contributed by atoms with Crippen molar-refractivity contribution in [3.05, 3.63) is 28.8 Å². The lowest BCUT2D eigenvalue weighted by molar-refractivity contribution is -0.183. The number of esters is 3. The van der Waals surface area contributed by atoms with Crippen LogP contribution in [0.3, 0.4) is 0 Å². The Morgan fingerprint density at radius 2 is 1.73 bits per heavy atom. The first-order valence-electron chi connectivity index (χ1n) is 11.7. The Hall–Kier alpha value is -2.41. The largest absolute Gasteiger partial charge is 0.465 e. The van der Waals surface area contributed by atoms with E-state index in [-0.39, 0.29) is 24.4 Å². The van der Waals surface area contributed by atoms with Crippen LogP contribution in [0.1, 0.15) is 96.4 Å². The molecule has 0 amide bonds. The van der Waals surface area contributed by atoms with Crippen LogP contribution in [0.25, 0.3) is 0 Å². The summed E-state index contributed by atoms with van der Waals surface area (Å²) in [6.07, 6.45) is 0.593. The number of ether oxygens (including phenoxy) is 3. The number of fused-ring (bicyclic) bond motifs is 3. The van der Waals surface area contributed by atoms with Gasteiger partial charge in [0.25, 0.3) is 0 Å². The maximum absolute atomic E-state index is 12.1. The second-order valence-electron chi connectivity index (χ2n) is 10.4. The Kier molecular flexibility index (Phi) is 6.94. The summed E-state index contributed by atoms with van der Waals surface area (Å²) in [6, 6.07) is 3.77. The summed E-state index contributed by atoms with van der Waals surface area (Å²) < 4.78 is 16.8. The molecule has 7 heteroatoms. The summed E-state index contributed by atoms with van der Waals surface area (Å²) in [4.78, 5) is 35.6. The van der Waals surface area contributed by atoms with Crippen molar-refractivity contribution in [1.82, 2.24) is 0 Å². The Balaban J connectivity index is 2.25. The van der Waals surface area contributed by atoms with Crippen LogP contribution >= 0.6 is 0 Å². The lowest BCUT2D eigenvalue weighted by Gasteiger charge is -2.58. The third kappa shape index (κ3) is 4.65. The molecule has 1 N–H and O–H groups in total. The highest BCUT2D eigenvalue weighted by atomic mass is 16.6. The molecule has 1 aromatic carbocycles. The second kappa shape index (κ2) is 9.09. The van der Waals surface area contributed by atoms with E-state index in [9.17, 15) is 19.5 Å². The highest BCUT2D eigenvalue weighted by Gasteiger charge is 2.60. The van der Waals surface area contributed by atoms with Crippen molar-refractivity contribution in [2.24, 2.45) is 11.3 Å². The fourth-order valence-corrected chi connectivity index (χ4v) is 6.16. The molecule has 0 radical (unpaired) electrons. The second-order valence-corrected chi connectivity index (χ2v) is 10.4. The molecule has 0 bridgehead atoms. The Labute approximate surface area is 195 Å². The van der Waals surface area contributed by atoms with Crippen molar-refractivity contribution >= 4 is 17.9 Å². The number of aliphatic hydroxyl groups excluding tert-OH is 1. The molecule has 33 heavy (non-hydrogen) atoms. The lowest BCUT2D eigenvalue weighted by Crippen LogP contribution is -2.59. The van der Waals surface area contributed by atoms with E-state index in [1.165, 1.54) is 20.8 Å². The zero-order valence-electron chi connectivity index (χ0n) is 20.7. The normalized spacial score (nSPS) is 30.8. The highest BCUT2D eigenvalue weighted by molar-refractivity contribution is 5.71. The summed E-state index contributed by atoms with van der Waals surface area (Å²) >= 11 is 0. The Bertz CT molecular complexity index is 952. The smallest absolute Gasteiger partial charge is 0.308 e. The van der Waals surface area contributed by atoms with E-state index in [1.807, 2.05) is 32.9 Å². The van der Waals surface area contributed by atoms with Crippen molar-refractivity contribution in [3.63, 3.8) is 0 Å². The maximum Gasteiger partial charge on any atom is 0.308 e. The van der Waals surface area contributed by atoms with Gasteiger partial charge in [-0.15, -0.1) is 0 Å². The van der Waals surface area contributed by atoms with Crippen molar-refractivity contribution in [1.29, 1.82) is 0 Å². The van der Waals surface area contributed by atoms with Gasteiger partial charge in [0, 0.05) is 37.5 Å². The quantitative estimate of drug-likeness (QED) is 0.515. The van der Waals surface area contributed by atoms with Crippen LogP contribution in [0.5, 0.6) is 5.75 Å². The molecule has 3 rings (SSSR count). The van der Waals surface area contributed by atoms with Gasteiger partial charge in [-0.05, 0) is 47.6 Å². The van der Waals surface area contributed by atoms with E-state index in [0.717, 1.165) is 30.4 Å². The van der Waals surface area contributed by atoms with Crippen LogP contribution in [-0.2, 0) is 29.3 Å². The predicted octanol–water partition coefficient (Wildman–Crippen LogP) is 4.34. The molecular weight excluding hydrogens is 424 g/mol. The highest BCUT2D eigenvalue weighted by Crippen LogP contribution is 2.61. The Morgan fingerprint density at radius 1 is 1.06 bits per heavy atom. The maximum atomic E-state index is 12.1. The average Bonchev–Trinajstić information content (AvgIpc) is 2.69. The van der Waals surface area contributed by atoms with Gasteiger partial charge in [-0.3, -0.25) is 14.4 Å². The number of carbonyl (C=O) groups excluding carboxylic acids is 3. The first kappa shape index (κ1) is 25.2. The molecule has 0 spiro atoms. The van der Waals surface area contributed by atoms with E-state index in [0.29, 0.717) is 11.3 Å². The van der Waals surface area contributed by atoms with Crippen LogP contribution in [-0.4, -0.2) is 35.7 Å². The minimum Gasteiger partial charge on any atom is -0.465 e. The van der Waals surface area contributed by atoms with E-state index >= 15 is 0 Å². The minimum atomic E-state index is -1.05. The molecule has 1 fully saturated rings. The van der Waals surface area contributed by atoms with Crippen LogP contribution in [0.15, 0.2) is 12.1 Å². The third-order valence-corrected chi connectivity index (χ3v) is 7.42. The van der Waals surface area contributed by atoms with Gasteiger partial charge in [0.1, 0.15) is 18.0 Å². The van der Waals surface area contributed by atoms with Gasteiger partial charge < -0.3 is 19.3 Å². The number of rotatable bonds is 5. The molecule has 182 valence electrons. The van der Waals surface area contributed by atoms with Crippen molar-refractivity contribution in [3.8, 4) is 5.75 Å². The molecule has 7 nitrogen and oxygen atoms in total. The van der Waals surface area contributed by atoms with Crippen LogP contribution in [0.2, 0.25) is 0 Å². The van der Waals surface area contributed by atoms with Gasteiger partial charge in [0.15, 0.2) is 0 Å². The fourth-order valence-electron chi connectivity index (χ4n) is 6.16. The van der Waals surface area contributed by atoms with Gasteiger partial charge in [-0.25, -0.2) is 0 Å². The van der Waals surface area contributed by atoms with Gasteiger partial charge in [0.2, 0.25) is 0 Å². The predicted molar refractivity (Wildman–Crippen MR) is 122 cm³/mol. The van der Waals surface area contributed by atoms with Crippen molar-refractivity contribution < 1.29 is 33.7 Å². The minimum absolute atomic E-state index is 0.0511. The SMILES string of the molecule is CC(=O)OCC1(C)CCCC2(C)c3cc(OC(C)=O)c(C(C)C)cc3C(O)C(OC(C)=O)C12. The molecule has 0 heterocycles. The van der Waals surface area contributed by atoms with E-state index in [1.54, 1.807) is 0 Å². The standard InChI is InChI=1S/C26H36O7/c1-14(2)18-11-19-20(12-21(18)32-16(4)28)26(7)10-8-9-25(6,13-31-15(3)27)24(26)23(22(19)30)33-17(5)29/h11-12,14,22-24,30H,8-10,13H2,1-7H3. The Morgan fingerprint density at radius 3 is 2.27 bits per heavy atom. The average molecular weight is 461 g/mol. The first-order chi connectivity index (χ1) is 15.3. The number of hydrogen-bond donors (Lipinski definition) is 1. The van der Waals surface area contributed by atoms with Crippen molar-refractivity contribution in [2.75, 3.05) is 6.61 Å². The van der Waals surface area contributed by atoms with Crippen LogP contribution < -0.4 is 4.74 Å². The van der Waals surface area contributed by atoms with Crippen molar-refractivity contribution in [2.45, 2.75) is 91.3 Å². The molecule has 2 aliphatic carbocycles. The molecule has 1 saturated carbocycles. The summed E-state index contributed by atoms with van der Waals surface area (Å²) in [5.41, 5.74) is 1.38. The molecule has 0 aliphatic heterocycles. The summed E-state index contributed by atoms with van der Waals surface area (Å²) in [7, 11) is 0. The number of carbonyl (C=O) groups is 3. The van der Waals surface area contributed by atoms with Gasteiger partial charge in [-0.1, -0.05) is 34.1 Å². The zero-order valence-corrected chi connectivity index (χ0v) is 20.7. The van der Waals surface area contributed by atoms with Gasteiger partial charge in [-0.2, -0.15) is 0 Å². The molecule has 0 saturated heterocycles. The first-order valence-corrected chi connectivity index (χ1v) is 11.7. The van der Waals surface area contributed by atoms with Gasteiger partial charge >= 0.3 is 17.9 Å². The molecule has 5 atom stereocenters. The molecule has 2 aliphatic rings. The molecule has 0 aromatic heterocycles. The molecule has 5 unspecified atom stereocenters. The fraction of sp³-hybridized carbons (Fsp3) is 0.654. The molecule has 1 aromatic rings.